The van der Waals surface area contributed by atoms with E-state index in [1.54, 1.807) is 19.1 Å². The Kier molecular flexibility index (Phi) is 7.74. The third-order valence-electron chi connectivity index (χ3n) is 5.57. The minimum atomic E-state index is -0.377. The summed E-state index contributed by atoms with van der Waals surface area (Å²) in [6.45, 7) is 10.0. The Morgan fingerprint density at radius 3 is 2.52 bits per heavy atom. The predicted molar refractivity (Wildman–Crippen MR) is 118 cm³/mol. The van der Waals surface area contributed by atoms with E-state index in [-0.39, 0.29) is 18.0 Å². The van der Waals surface area contributed by atoms with Crippen LogP contribution in [0.2, 0.25) is 0 Å². The molecule has 31 heavy (non-hydrogen) atoms. The summed E-state index contributed by atoms with van der Waals surface area (Å²) in [6, 6.07) is 7.20. The van der Waals surface area contributed by atoms with E-state index >= 15 is 0 Å². The van der Waals surface area contributed by atoms with Crippen LogP contribution in [0.5, 0.6) is 5.75 Å². The normalized spacial score (nSPS) is 15.7. The molecule has 168 valence electrons. The van der Waals surface area contributed by atoms with E-state index < -0.39 is 0 Å². The summed E-state index contributed by atoms with van der Waals surface area (Å²) in [6.07, 6.45) is 1.97. The molecular weight excluding hydrogens is 396 g/mol. The van der Waals surface area contributed by atoms with Crippen molar-refractivity contribution in [3.63, 3.8) is 0 Å². The van der Waals surface area contributed by atoms with Crippen molar-refractivity contribution in [2.24, 2.45) is 0 Å². The van der Waals surface area contributed by atoms with E-state index in [9.17, 15) is 9.59 Å². The number of esters is 1. The van der Waals surface area contributed by atoms with Crippen LogP contribution in [0.25, 0.3) is 0 Å². The zero-order valence-corrected chi connectivity index (χ0v) is 18.8. The Labute approximate surface area is 183 Å². The smallest absolute Gasteiger partial charge is 0.355 e. The monoisotopic (exact) mass is 428 g/mol. The van der Waals surface area contributed by atoms with Crippen LogP contribution in [0.1, 0.15) is 64.4 Å². The van der Waals surface area contributed by atoms with E-state index in [1.165, 1.54) is 0 Å². The number of aromatic nitrogens is 1. The van der Waals surface area contributed by atoms with Crippen LogP contribution in [0.15, 0.2) is 24.3 Å². The zero-order valence-electron chi connectivity index (χ0n) is 18.8. The fourth-order valence-corrected chi connectivity index (χ4v) is 3.92. The molecule has 1 amide bonds. The van der Waals surface area contributed by atoms with Crippen molar-refractivity contribution in [3.8, 4) is 5.75 Å². The van der Waals surface area contributed by atoms with Crippen LogP contribution in [0.3, 0.4) is 0 Å². The molecule has 0 radical (unpaired) electrons. The number of H-pyrrole nitrogens is 1. The van der Waals surface area contributed by atoms with Crippen molar-refractivity contribution in [2.75, 3.05) is 26.4 Å². The standard InChI is InChI=1S/C24H32N2O5/c1-5-29-19-11-9-18(10-12-19)23(27)26(14-20-8-7-13-31-20)15-21-16(3)22(25-17(21)4)24(28)30-6-2/h9-12,20,25H,5-8,13-15H2,1-4H3. The molecule has 1 unspecified atom stereocenters. The molecule has 1 aliphatic heterocycles. The first-order valence-corrected chi connectivity index (χ1v) is 10.9. The molecule has 2 aromatic rings. The molecule has 1 saturated heterocycles. The third-order valence-corrected chi connectivity index (χ3v) is 5.57. The lowest BCUT2D eigenvalue weighted by molar-refractivity contribution is 0.0506. The minimum absolute atomic E-state index is 0.0238. The average molecular weight is 429 g/mol. The van der Waals surface area contributed by atoms with Crippen molar-refractivity contribution in [1.29, 1.82) is 0 Å². The van der Waals surface area contributed by atoms with E-state index in [0.717, 1.165) is 42.0 Å². The highest BCUT2D eigenvalue weighted by atomic mass is 16.5. The van der Waals surface area contributed by atoms with Crippen LogP contribution >= 0.6 is 0 Å². The molecule has 1 aromatic heterocycles. The number of nitrogens with zero attached hydrogens (tertiary/aromatic N) is 1. The maximum Gasteiger partial charge on any atom is 0.355 e. The highest BCUT2D eigenvalue weighted by Crippen LogP contribution is 2.24. The van der Waals surface area contributed by atoms with Crippen LogP contribution in [-0.4, -0.2) is 54.2 Å². The first-order valence-electron chi connectivity index (χ1n) is 10.9. The summed E-state index contributed by atoms with van der Waals surface area (Å²) in [5, 5.41) is 0. The summed E-state index contributed by atoms with van der Waals surface area (Å²) >= 11 is 0. The number of ether oxygens (including phenoxy) is 3. The molecule has 0 bridgehead atoms. The van der Waals surface area contributed by atoms with Gasteiger partial charge in [-0.15, -0.1) is 0 Å². The molecule has 1 N–H and O–H groups in total. The molecule has 1 aliphatic rings. The van der Waals surface area contributed by atoms with Gasteiger partial charge in [-0.25, -0.2) is 4.79 Å². The van der Waals surface area contributed by atoms with E-state index in [1.807, 2.05) is 37.8 Å². The number of hydrogen-bond acceptors (Lipinski definition) is 5. The van der Waals surface area contributed by atoms with E-state index in [0.29, 0.717) is 37.6 Å². The predicted octanol–water partition coefficient (Wildman–Crippen LogP) is 4.03. The first-order chi connectivity index (χ1) is 14.9. The zero-order chi connectivity index (χ0) is 22.4. The number of aryl methyl sites for hydroxylation is 1. The van der Waals surface area contributed by atoms with E-state index in [2.05, 4.69) is 4.98 Å². The van der Waals surface area contributed by atoms with Crippen molar-refractivity contribution in [2.45, 2.75) is 53.2 Å². The van der Waals surface area contributed by atoms with Crippen molar-refractivity contribution < 1.29 is 23.8 Å². The van der Waals surface area contributed by atoms with Gasteiger partial charge in [0.05, 0.1) is 19.3 Å². The molecule has 1 aromatic carbocycles. The van der Waals surface area contributed by atoms with Gasteiger partial charge < -0.3 is 24.1 Å². The lowest BCUT2D eigenvalue weighted by Gasteiger charge is -2.26. The Morgan fingerprint density at radius 1 is 1.16 bits per heavy atom. The van der Waals surface area contributed by atoms with Gasteiger partial charge in [0.25, 0.3) is 5.91 Å². The minimum Gasteiger partial charge on any atom is -0.494 e. The summed E-state index contributed by atoms with van der Waals surface area (Å²) in [4.78, 5) is 30.6. The molecule has 0 spiro atoms. The Balaban J connectivity index is 1.85. The van der Waals surface area contributed by atoms with Gasteiger partial charge in [0.2, 0.25) is 0 Å². The van der Waals surface area contributed by atoms with Gasteiger partial charge in [0, 0.05) is 31.0 Å². The number of benzene rings is 1. The molecule has 1 atom stereocenters. The SMILES string of the molecule is CCOC(=O)c1[nH]c(C)c(CN(CC2CCCO2)C(=O)c2ccc(OCC)cc2)c1C. The van der Waals surface area contributed by atoms with Crippen LogP contribution in [0.4, 0.5) is 0 Å². The van der Waals surface area contributed by atoms with Crippen molar-refractivity contribution in [3.05, 3.63) is 52.3 Å². The highest BCUT2D eigenvalue weighted by Gasteiger charge is 2.26. The number of carbonyl (C=O) groups is 2. The molecule has 2 heterocycles. The van der Waals surface area contributed by atoms with Gasteiger partial charge in [-0.05, 0) is 75.9 Å². The van der Waals surface area contributed by atoms with Gasteiger partial charge in [0.1, 0.15) is 11.4 Å². The second-order valence-corrected chi connectivity index (χ2v) is 7.73. The third kappa shape index (κ3) is 5.47. The van der Waals surface area contributed by atoms with Gasteiger partial charge in [-0.2, -0.15) is 0 Å². The van der Waals surface area contributed by atoms with Crippen LogP contribution < -0.4 is 4.74 Å². The second kappa shape index (κ2) is 10.5. The number of hydrogen-bond donors (Lipinski definition) is 1. The number of nitrogens with one attached hydrogen (secondary N) is 1. The number of aromatic amines is 1. The molecule has 7 nitrogen and oxygen atoms in total. The topological polar surface area (TPSA) is 80.9 Å². The number of rotatable bonds is 9. The maximum absolute atomic E-state index is 13.4. The molecular formula is C24H32N2O5. The Bertz CT molecular complexity index is 897. The van der Waals surface area contributed by atoms with E-state index in [4.69, 9.17) is 14.2 Å². The van der Waals surface area contributed by atoms with Gasteiger partial charge in [-0.3, -0.25) is 4.79 Å². The molecule has 7 heteroatoms. The Hall–Kier alpha value is -2.80. The van der Waals surface area contributed by atoms with Gasteiger partial charge >= 0.3 is 5.97 Å². The number of amides is 1. The molecule has 0 aliphatic carbocycles. The van der Waals surface area contributed by atoms with Crippen LogP contribution in [0, 0.1) is 13.8 Å². The van der Waals surface area contributed by atoms with Crippen molar-refractivity contribution in [1.82, 2.24) is 9.88 Å². The van der Waals surface area contributed by atoms with Crippen molar-refractivity contribution >= 4 is 11.9 Å². The number of carbonyl (C=O) groups excluding carboxylic acids is 2. The summed E-state index contributed by atoms with van der Waals surface area (Å²) < 4.78 is 16.4. The summed E-state index contributed by atoms with van der Waals surface area (Å²) in [5.41, 5.74) is 3.64. The fourth-order valence-electron chi connectivity index (χ4n) is 3.92. The largest absolute Gasteiger partial charge is 0.494 e. The van der Waals surface area contributed by atoms with Gasteiger partial charge in [-0.1, -0.05) is 0 Å². The lowest BCUT2D eigenvalue weighted by atomic mass is 10.1. The van der Waals surface area contributed by atoms with Crippen LogP contribution in [-0.2, 0) is 16.0 Å². The maximum atomic E-state index is 13.4. The molecule has 1 fully saturated rings. The molecule has 0 saturated carbocycles. The first kappa shape index (κ1) is 22.9. The fraction of sp³-hybridized carbons (Fsp3) is 0.500. The summed E-state index contributed by atoms with van der Waals surface area (Å²) in [5.74, 6) is 0.287. The highest BCUT2D eigenvalue weighted by molar-refractivity contribution is 5.94. The Morgan fingerprint density at radius 2 is 1.90 bits per heavy atom. The summed E-state index contributed by atoms with van der Waals surface area (Å²) in [7, 11) is 0. The quantitative estimate of drug-likeness (QED) is 0.610. The molecule has 3 rings (SSSR count). The van der Waals surface area contributed by atoms with Gasteiger partial charge in [0.15, 0.2) is 0 Å². The average Bonchev–Trinajstić information content (AvgIpc) is 3.37. The lowest BCUT2D eigenvalue weighted by Crippen LogP contribution is -2.37. The second-order valence-electron chi connectivity index (χ2n) is 7.73.